The fraction of sp³-hybridized carbons (Fsp3) is 0. The monoisotopic (exact) mass is 578 g/mol. The summed E-state index contributed by atoms with van der Waals surface area (Å²) < 4.78 is 49.4. The molecular formula is C42H27N3. The van der Waals surface area contributed by atoms with Gasteiger partial charge in [-0.1, -0.05) is 90.9 Å². The molecule has 10 rings (SSSR count). The van der Waals surface area contributed by atoms with E-state index in [-0.39, 0.29) is 29.9 Å². The lowest BCUT2D eigenvalue weighted by Gasteiger charge is -2.10. The first kappa shape index (κ1) is 20.0. The molecule has 0 aliphatic rings. The van der Waals surface area contributed by atoms with Crippen LogP contribution in [0.1, 0.15) is 6.85 Å². The first-order valence-electron chi connectivity index (χ1n) is 17.5. The average Bonchev–Trinajstić information content (AvgIpc) is 3.78. The van der Waals surface area contributed by atoms with Crippen molar-refractivity contribution in [3.05, 3.63) is 164 Å². The fourth-order valence-electron chi connectivity index (χ4n) is 7.26. The Morgan fingerprint density at radius 3 is 1.42 bits per heavy atom. The van der Waals surface area contributed by atoms with Crippen LogP contribution in [-0.2, 0) is 0 Å². The molecule has 0 fully saturated rings. The summed E-state index contributed by atoms with van der Waals surface area (Å²) in [5.74, 6) is 0. The number of hydrogen-bond donors (Lipinski definition) is 0. The van der Waals surface area contributed by atoms with Gasteiger partial charge >= 0.3 is 0 Å². The van der Waals surface area contributed by atoms with E-state index in [1.165, 1.54) is 10.8 Å². The molecular weight excluding hydrogens is 546 g/mol. The topological polar surface area (TPSA) is 14.8 Å². The molecule has 0 saturated heterocycles. The maximum absolute atomic E-state index is 8.90. The number of benzene rings is 7. The Morgan fingerprint density at radius 1 is 0.311 bits per heavy atom. The number of rotatable bonds is 3. The van der Waals surface area contributed by atoms with Crippen molar-refractivity contribution < 1.29 is 6.85 Å². The predicted octanol–water partition coefficient (Wildman–Crippen LogP) is 11.0. The zero-order valence-electron chi connectivity index (χ0n) is 29.0. The zero-order chi connectivity index (χ0) is 33.8. The molecule has 0 amide bonds. The summed E-state index contributed by atoms with van der Waals surface area (Å²) in [5, 5.41) is 6.44. The molecule has 0 unspecified atom stereocenters. The molecule has 0 aliphatic heterocycles. The highest BCUT2D eigenvalue weighted by atomic mass is 15.0. The Hall–Kier alpha value is -6.06. The van der Waals surface area contributed by atoms with Crippen molar-refractivity contribution in [2.45, 2.75) is 0 Å². The van der Waals surface area contributed by atoms with Gasteiger partial charge in [0.25, 0.3) is 0 Å². The van der Waals surface area contributed by atoms with Gasteiger partial charge < -0.3 is 13.7 Å². The van der Waals surface area contributed by atoms with Crippen molar-refractivity contribution in [2.24, 2.45) is 0 Å². The minimum absolute atomic E-state index is 0.137. The van der Waals surface area contributed by atoms with Crippen LogP contribution >= 0.6 is 0 Å². The first-order valence-corrected chi connectivity index (χ1v) is 15.0. The molecule has 0 aliphatic carbocycles. The average molecular weight is 579 g/mol. The molecule has 3 nitrogen and oxygen atoms in total. The van der Waals surface area contributed by atoms with Crippen molar-refractivity contribution in [1.82, 2.24) is 13.7 Å². The van der Waals surface area contributed by atoms with Gasteiger partial charge in [0.15, 0.2) is 0 Å². The summed E-state index contributed by atoms with van der Waals surface area (Å²) in [6.45, 7) is 0. The van der Waals surface area contributed by atoms with Gasteiger partial charge in [-0.15, -0.1) is 0 Å². The highest BCUT2D eigenvalue weighted by molar-refractivity contribution is 6.19. The van der Waals surface area contributed by atoms with E-state index in [0.717, 1.165) is 66.0 Å². The Morgan fingerprint density at radius 2 is 0.778 bits per heavy atom. The van der Waals surface area contributed by atoms with E-state index < -0.39 is 6.04 Å². The number of aromatic nitrogens is 3. The fourth-order valence-corrected chi connectivity index (χ4v) is 7.26. The molecule has 0 bridgehead atoms. The molecule has 7 aromatic carbocycles. The lowest BCUT2D eigenvalue weighted by atomic mass is 10.1. The third-order valence-electron chi connectivity index (χ3n) is 9.11. The third-order valence-corrected chi connectivity index (χ3v) is 9.11. The van der Waals surface area contributed by atoms with Crippen molar-refractivity contribution in [1.29, 1.82) is 0 Å². The van der Waals surface area contributed by atoms with Gasteiger partial charge in [-0.3, -0.25) is 0 Å². The summed E-state index contributed by atoms with van der Waals surface area (Å²) >= 11 is 0. The Kier molecular flexibility index (Phi) is 4.10. The van der Waals surface area contributed by atoms with Crippen LogP contribution < -0.4 is 0 Å². The van der Waals surface area contributed by atoms with E-state index in [1.54, 1.807) is 0 Å². The second-order valence-corrected chi connectivity index (χ2v) is 11.5. The van der Waals surface area contributed by atoms with Crippen molar-refractivity contribution in [2.75, 3.05) is 0 Å². The molecule has 0 N–H and O–H groups in total. The Labute approximate surface area is 266 Å². The van der Waals surface area contributed by atoms with E-state index in [0.29, 0.717) is 0 Å². The number of hydrogen-bond acceptors (Lipinski definition) is 0. The quantitative estimate of drug-likeness (QED) is 0.198. The highest BCUT2D eigenvalue weighted by Gasteiger charge is 2.20. The van der Waals surface area contributed by atoms with Gasteiger partial charge in [-0.25, -0.2) is 0 Å². The van der Waals surface area contributed by atoms with Crippen LogP contribution in [0, 0.1) is 0 Å². The Balaban J connectivity index is 1.36. The molecule has 10 aromatic rings. The molecule has 0 atom stereocenters. The molecule has 45 heavy (non-hydrogen) atoms. The molecule has 0 radical (unpaired) electrons. The van der Waals surface area contributed by atoms with Crippen LogP contribution in [0.5, 0.6) is 0 Å². The predicted molar refractivity (Wildman–Crippen MR) is 189 cm³/mol. The largest absolute Gasteiger partial charge is 0.309 e. The number of fused-ring (bicyclic) bond motifs is 9. The summed E-state index contributed by atoms with van der Waals surface area (Å²) in [7, 11) is 0. The minimum Gasteiger partial charge on any atom is -0.309 e. The second kappa shape index (κ2) is 9.22. The van der Waals surface area contributed by atoms with E-state index in [4.69, 9.17) is 6.85 Å². The van der Waals surface area contributed by atoms with Crippen LogP contribution in [0.25, 0.3) is 82.5 Å². The van der Waals surface area contributed by atoms with Gasteiger partial charge in [0.2, 0.25) is 0 Å². The Bertz CT molecular complexity index is 2960. The maximum atomic E-state index is 8.90. The van der Waals surface area contributed by atoms with Gasteiger partial charge in [0, 0.05) is 49.4 Å². The van der Waals surface area contributed by atoms with Gasteiger partial charge in [0.1, 0.15) is 0 Å². The third kappa shape index (κ3) is 3.41. The minimum atomic E-state index is -0.407. The van der Waals surface area contributed by atoms with Crippen LogP contribution in [0.15, 0.2) is 164 Å². The lowest BCUT2D eigenvalue weighted by molar-refractivity contribution is 1.16. The smallest absolute Gasteiger partial charge is 0.0645 e. The first-order chi connectivity index (χ1) is 24.4. The van der Waals surface area contributed by atoms with Crippen LogP contribution in [0.4, 0.5) is 0 Å². The second-order valence-electron chi connectivity index (χ2n) is 11.5. The summed E-state index contributed by atoms with van der Waals surface area (Å²) in [6.07, 6.45) is 0. The summed E-state index contributed by atoms with van der Waals surface area (Å²) in [6, 6.07) is 44.5. The molecule has 3 aromatic heterocycles. The van der Waals surface area contributed by atoms with Crippen molar-refractivity contribution >= 4 is 65.4 Å². The van der Waals surface area contributed by atoms with Crippen molar-refractivity contribution in [3.8, 4) is 17.1 Å². The SMILES string of the molecule is [2H]c1c([2H])c([2H])c(-n2c3ccccc3c3cc4c5cc(-n6c7ccccc7c7ccccc76)ccc5n(-c5ccccc5)c4cc32)c([2H])c1[2H]. The number of nitrogens with zero attached hydrogens (tertiary/aromatic N) is 3. The lowest BCUT2D eigenvalue weighted by Crippen LogP contribution is -1.96. The molecule has 3 heteroatoms. The summed E-state index contributed by atoms with van der Waals surface area (Å²) in [4.78, 5) is 0. The normalized spacial score (nSPS) is 13.6. The molecule has 0 spiro atoms. The summed E-state index contributed by atoms with van der Waals surface area (Å²) in [5.41, 5.74) is 8.02. The standard InChI is InChI=1S/C42H27N3/c1-3-13-28(14-4-1)43-39-22-12-9-19-33(39)35-26-36-34-25-30(45-37-20-10-7-17-31(37)32-18-8-11-21-38(32)45)23-24-40(34)44(42(36)27-41(35)43)29-15-5-2-6-16-29/h1-27H/i1D,3D,4D,13D,14D. The van der Waals surface area contributed by atoms with Gasteiger partial charge in [-0.05, 0) is 72.7 Å². The van der Waals surface area contributed by atoms with Crippen LogP contribution in [0.2, 0.25) is 0 Å². The zero-order valence-corrected chi connectivity index (χ0v) is 24.0. The molecule has 0 saturated carbocycles. The van der Waals surface area contributed by atoms with Crippen molar-refractivity contribution in [3.63, 3.8) is 0 Å². The highest BCUT2D eigenvalue weighted by Crippen LogP contribution is 2.41. The molecule has 210 valence electrons. The van der Waals surface area contributed by atoms with Crippen LogP contribution in [-0.4, -0.2) is 13.7 Å². The van der Waals surface area contributed by atoms with E-state index in [9.17, 15) is 0 Å². The van der Waals surface area contributed by atoms with E-state index >= 15 is 0 Å². The van der Waals surface area contributed by atoms with E-state index in [2.05, 4.69) is 100 Å². The number of para-hydroxylation sites is 5. The maximum Gasteiger partial charge on any atom is 0.0645 e. The van der Waals surface area contributed by atoms with Crippen LogP contribution in [0.3, 0.4) is 0 Å². The molecule has 3 heterocycles. The van der Waals surface area contributed by atoms with Gasteiger partial charge in [0.05, 0.1) is 40.0 Å². The van der Waals surface area contributed by atoms with Gasteiger partial charge in [-0.2, -0.15) is 0 Å². The van der Waals surface area contributed by atoms with E-state index in [1.807, 2.05) is 47.0 Å².